The average molecular weight is 460 g/mol. The molecule has 138 valence electrons. The summed E-state index contributed by atoms with van der Waals surface area (Å²) in [6.45, 7) is 7.90. The summed E-state index contributed by atoms with van der Waals surface area (Å²) in [6.07, 6.45) is 1.39. The van der Waals surface area contributed by atoms with Gasteiger partial charge in [-0.1, -0.05) is 23.4 Å². The van der Waals surface area contributed by atoms with Gasteiger partial charge in [0.15, 0.2) is 5.96 Å². The van der Waals surface area contributed by atoms with Gasteiger partial charge in [0.05, 0.1) is 5.69 Å². The molecule has 0 aliphatic heterocycles. The highest BCUT2D eigenvalue weighted by Gasteiger charge is 2.08. The van der Waals surface area contributed by atoms with Crippen LogP contribution in [-0.2, 0) is 12.8 Å². The van der Waals surface area contributed by atoms with E-state index in [1.54, 1.807) is 12.1 Å². The molecule has 2 N–H and O–H groups in total. The van der Waals surface area contributed by atoms with Crippen LogP contribution in [0.15, 0.2) is 33.8 Å². The van der Waals surface area contributed by atoms with Crippen molar-refractivity contribution in [1.82, 2.24) is 15.8 Å². The van der Waals surface area contributed by atoms with Crippen LogP contribution in [0.3, 0.4) is 0 Å². The van der Waals surface area contributed by atoms with Crippen molar-refractivity contribution in [2.24, 2.45) is 4.99 Å². The lowest BCUT2D eigenvalue weighted by Gasteiger charge is -2.11. The molecule has 0 radical (unpaired) electrons. The molecule has 25 heavy (non-hydrogen) atoms. The summed E-state index contributed by atoms with van der Waals surface area (Å²) in [5.74, 6) is 1.42. The summed E-state index contributed by atoms with van der Waals surface area (Å²) in [5, 5.41) is 10.4. The van der Waals surface area contributed by atoms with E-state index in [2.05, 4.69) is 20.8 Å². The second-order valence-corrected chi connectivity index (χ2v) is 5.58. The fourth-order valence-corrected chi connectivity index (χ4v) is 2.50. The first-order chi connectivity index (χ1) is 11.6. The number of benzene rings is 1. The van der Waals surface area contributed by atoms with E-state index in [-0.39, 0.29) is 29.8 Å². The molecule has 0 bridgehead atoms. The van der Waals surface area contributed by atoms with Crippen LogP contribution in [0.4, 0.5) is 4.39 Å². The number of halogens is 2. The molecule has 7 heteroatoms. The molecule has 0 spiro atoms. The zero-order valence-corrected chi connectivity index (χ0v) is 17.3. The summed E-state index contributed by atoms with van der Waals surface area (Å²) in [4.78, 5) is 4.56. The molecule has 1 aromatic heterocycles. The standard InChI is InChI=1S/C18H25FN4O.HI/c1-4-20-18(21-11-9-15-7-5-6-8-17(15)19)22-12-10-16-13(2)23-24-14(16)3;/h5-8H,4,9-12H2,1-3H3,(H2,20,21,22);1H. The number of aromatic nitrogens is 1. The first kappa shape index (κ1) is 21.4. The smallest absolute Gasteiger partial charge is 0.191 e. The van der Waals surface area contributed by atoms with Crippen LogP contribution >= 0.6 is 24.0 Å². The lowest BCUT2D eigenvalue weighted by molar-refractivity contribution is 0.392. The fraction of sp³-hybridized carbons (Fsp3) is 0.444. The zero-order chi connectivity index (χ0) is 17.4. The van der Waals surface area contributed by atoms with Crippen molar-refractivity contribution < 1.29 is 8.91 Å². The molecule has 0 aliphatic carbocycles. The predicted molar refractivity (Wildman–Crippen MR) is 109 cm³/mol. The molecule has 0 saturated heterocycles. The largest absolute Gasteiger partial charge is 0.361 e. The molecule has 2 aromatic rings. The minimum absolute atomic E-state index is 0. The summed E-state index contributed by atoms with van der Waals surface area (Å²) >= 11 is 0. The van der Waals surface area contributed by atoms with Gasteiger partial charge >= 0.3 is 0 Å². The molecule has 5 nitrogen and oxygen atoms in total. The Morgan fingerprint density at radius 3 is 2.60 bits per heavy atom. The van der Waals surface area contributed by atoms with Gasteiger partial charge in [-0.2, -0.15) is 0 Å². The third-order valence-corrected chi connectivity index (χ3v) is 3.80. The second kappa shape index (κ2) is 11.1. The lowest BCUT2D eigenvalue weighted by Crippen LogP contribution is -2.38. The van der Waals surface area contributed by atoms with Crippen molar-refractivity contribution in [3.05, 3.63) is 52.7 Å². The summed E-state index contributed by atoms with van der Waals surface area (Å²) < 4.78 is 18.8. The minimum atomic E-state index is -0.167. The van der Waals surface area contributed by atoms with Crippen LogP contribution in [-0.4, -0.2) is 30.8 Å². The van der Waals surface area contributed by atoms with Crippen molar-refractivity contribution in [3.8, 4) is 0 Å². The summed E-state index contributed by atoms with van der Waals surface area (Å²) in [5.41, 5.74) is 2.73. The van der Waals surface area contributed by atoms with Crippen molar-refractivity contribution in [1.29, 1.82) is 0 Å². The van der Waals surface area contributed by atoms with E-state index in [1.807, 2.05) is 26.8 Å². The maximum Gasteiger partial charge on any atom is 0.191 e. The zero-order valence-electron chi connectivity index (χ0n) is 14.9. The Morgan fingerprint density at radius 1 is 1.20 bits per heavy atom. The van der Waals surface area contributed by atoms with Crippen molar-refractivity contribution in [2.75, 3.05) is 19.6 Å². The Labute approximate surface area is 165 Å². The number of aliphatic imine (C=N–C) groups is 1. The highest BCUT2D eigenvalue weighted by Crippen LogP contribution is 2.12. The second-order valence-electron chi connectivity index (χ2n) is 5.58. The number of nitrogens with zero attached hydrogens (tertiary/aromatic N) is 2. The number of hydrogen-bond donors (Lipinski definition) is 2. The highest BCUT2D eigenvalue weighted by atomic mass is 127. The normalized spacial score (nSPS) is 11.1. The number of guanidine groups is 1. The molecule has 0 unspecified atom stereocenters. The van der Waals surface area contributed by atoms with Gasteiger partial charge in [0.25, 0.3) is 0 Å². The topological polar surface area (TPSA) is 62.5 Å². The maximum absolute atomic E-state index is 13.6. The van der Waals surface area contributed by atoms with Crippen LogP contribution in [0.25, 0.3) is 0 Å². The van der Waals surface area contributed by atoms with Gasteiger partial charge in [-0.05, 0) is 45.2 Å². The third kappa shape index (κ3) is 6.64. The molecule has 0 aliphatic rings. The van der Waals surface area contributed by atoms with E-state index >= 15 is 0 Å². The fourth-order valence-electron chi connectivity index (χ4n) is 2.50. The van der Waals surface area contributed by atoms with Gasteiger partial charge in [0, 0.05) is 25.2 Å². The molecule has 0 amide bonds. The van der Waals surface area contributed by atoms with Crippen LogP contribution < -0.4 is 10.6 Å². The molecule has 0 saturated carbocycles. The van der Waals surface area contributed by atoms with Gasteiger partial charge in [-0.25, -0.2) is 4.39 Å². The monoisotopic (exact) mass is 460 g/mol. The Morgan fingerprint density at radius 2 is 1.96 bits per heavy atom. The molecule has 0 fully saturated rings. The van der Waals surface area contributed by atoms with Gasteiger partial charge in [0.1, 0.15) is 11.6 Å². The Kier molecular flexibility index (Phi) is 9.48. The van der Waals surface area contributed by atoms with E-state index in [1.165, 1.54) is 6.07 Å². The summed E-state index contributed by atoms with van der Waals surface area (Å²) in [6, 6.07) is 6.84. The number of rotatable bonds is 7. The maximum atomic E-state index is 13.6. The van der Waals surface area contributed by atoms with E-state index in [4.69, 9.17) is 4.52 Å². The van der Waals surface area contributed by atoms with Crippen molar-refractivity contribution in [3.63, 3.8) is 0 Å². The van der Waals surface area contributed by atoms with Gasteiger partial charge in [0.2, 0.25) is 0 Å². The third-order valence-electron chi connectivity index (χ3n) is 3.80. The Balaban J connectivity index is 0.00000312. The van der Waals surface area contributed by atoms with Crippen LogP contribution in [0.1, 0.15) is 29.5 Å². The van der Waals surface area contributed by atoms with Crippen molar-refractivity contribution in [2.45, 2.75) is 33.6 Å². The van der Waals surface area contributed by atoms with E-state index < -0.39 is 0 Å². The SMILES string of the molecule is CCNC(=NCCc1c(C)noc1C)NCCc1ccccc1F.I. The highest BCUT2D eigenvalue weighted by molar-refractivity contribution is 14.0. The Hall–Kier alpha value is -1.64. The van der Waals surface area contributed by atoms with E-state index in [0.29, 0.717) is 25.1 Å². The van der Waals surface area contributed by atoms with Gasteiger partial charge in [-0.15, -0.1) is 24.0 Å². The molecule has 1 aromatic carbocycles. The quantitative estimate of drug-likeness (QED) is 0.378. The lowest BCUT2D eigenvalue weighted by atomic mass is 10.1. The molecule has 2 rings (SSSR count). The Bertz CT molecular complexity index is 668. The molecule has 1 heterocycles. The first-order valence-corrected chi connectivity index (χ1v) is 8.29. The van der Waals surface area contributed by atoms with E-state index in [0.717, 1.165) is 35.9 Å². The molecular formula is C18H26FIN4O. The van der Waals surface area contributed by atoms with Gasteiger partial charge < -0.3 is 15.2 Å². The summed E-state index contributed by atoms with van der Waals surface area (Å²) in [7, 11) is 0. The van der Waals surface area contributed by atoms with Crippen LogP contribution in [0.2, 0.25) is 0 Å². The number of hydrogen-bond acceptors (Lipinski definition) is 3. The number of nitrogens with one attached hydrogen (secondary N) is 2. The van der Waals surface area contributed by atoms with E-state index in [9.17, 15) is 4.39 Å². The van der Waals surface area contributed by atoms with Crippen LogP contribution in [0.5, 0.6) is 0 Å². The number of aryl methyl sites for hydroxylation is 2. The van der Waals surface area contributed by atoms with Crippen LogP contribution in [0, 0.1) is 19.7 Å². The van der Waals surface area contributed by atoms with Crippen molar-refractivity contribution >= 4 is 29.9 Å². The predicted octanol–water partition coefficient (Wildman–Crippen LogP) is 3.39. The minimum Gasteiger partial charge on any atom is -0.361 e. The average Bonchev–Trinajstić information content (AvgIpc) is 2.88. The first-order valence-electron chi connectivity index (χ1n) is 8.29. The van der Waals surface area contributed by atoms with Gasteiger partial charge in [-0.3, -0.25) is 4.99 Å². The molecule has 0 atom stereocenters. The molecular weight excluding hydrogens is 434 g/mol.